The van der Waals surface area contributed by atoms with Gasteiger partial charge in [0, 0.05) is 23.0 Å². The van der Waals surface area contributed by atoms with E-state index in [0.717, 1.165) is 0 Å². The van der Waals surface area contributed by atoms with Crippen LogP contribution in [0, 0.1) is 0 Å². The highest BCUT2D eigenvalue weighted by atomic mass is 35.5. The molecular weight excluding hydrogens is 358 g/mol. The largest absolute Gasteiger partial charge is 0.479 e. The van der Waals surface area contributed by atoms with Crippen LogP contribution in [0.1, 0.15) is 22.1 Å². The lowest BCUT2D eigenvalue weighted by molar-refractivity contribution is -0.138. The van der Waals surface area contributed by atoms with Crippen molar-refractivity contribution in [3.8, 4) is 0 Å². The fraction of sp³-hybridized carbons (Fsp3) is 0.111. The fourth-order valence-electron chi connectivity index (χ4n) is 2.81. The molecule has 1 unspecified atom stereocenters. The molecule has 0 spiro atoms. The molecule has 0 aliphatic carbocycles. The van der Waals surface area contributed by atoms with Crippen LogP contribution in [0.5, 0.6) is 0 Å². The summed E-state index contributed by atoms with van der Waals surface area (Å²) in [6.07, 6.45) is 0. The molecule has 0 fully saturated rings. The fourth-order valence-corrected chi connectivity index (χ4v) is 2.94. The number of hydrogen-bond donors (Lipinski definition) is 2. The van der Waals surface area contributed by atoms with E-state index in [4.69, 9.17) is 11.6 Å². The van der Waals surface area contributed by atoms with Crippen LogP contribution in [0.2, 0.25) is 5.02 Å². The molecule has 3 aromatic rings. The summed E-state index contributed by atoms with van der Waals surface area (Å²) in [5, 5.41) is 28.0. The predicted octanol–water partition coefficient (Wildman–Crippen LogP) is 4.44. The molecule has 0 bridgehead atoms. The molecule has 0 amide bonds. The van der Waals surface area contributed by atoms with Gasteiger partial charge in [-0.3, -0.25) is 0 Å². The number of benzene rings is 2. The molecule has 1 atom stereocenters. The number of carboxylic acid groups (broad SMARTS) is 2. The van der Waals surface area contributed by atoms with Crippen molar-refractivity contribution in [2.24, 2.45) is 17.3 Å². The Kier molecular flexibility index (Phi) is 4.73. The third-order valence-corrected chi connectivity index (χ3v) is 4.23. The van der Waals surface area contributed by atoms with Gasteiger partial charge in [0.15, 0.2) is 0 Å². The van der Waals surface area contributed by atoms with E-state index < -0.39 is 18.0 Å². The molecule has 7 nitrogen and oxygen atoms in total. The van der Waals surface area contributed by atoms with Crippen molar-refractivity contribution in [2.45, 2.75) is 6.04 Å². The number of hydrogen-bond acceptors (Lipinski definition) is 4. The Morgan fingerprint density at radius 1 is 1.08 bits per heavy atom. The topological polar surface area (TPSA) is 104 Å². The van der Waals surface area contributed by atoms with Crippen LogP contribution >= 0.6 is 11.6 Å². The Morgan fingerprint density at radius 2 is 1.73 bits per heavy atom. The number of nitrogens with zero attached hydrogens (tertiary/aromatic N) is 3. The van der Waals surface area contributed by atoms with Crippen molar-refractivity contribution < 1.29 is 19.8 Å². The number of azo groups is 1. The van der Waals surface area contributed by atoms with Gasteiger partial charge in [-0.2, -0.15) is 10.2 Å². The lowest BCUT2D eigenvalue weighted by atomic mass is 10.1. The Labute approximate surface area is 153 Å². The summed E-state index contributed by atoms with van der Waals surface area (Å²) in [6.45, 7) is 0. The van der Waals surface area contributed by atoms with Gasteiger partial charge in [-0.1, -0.05) is 29.8 Å². The number of rotatable bonds is 5. The van der Waals surface area contributed by atoms with E-state index >= 15 is 0 Å². The average Bonchev–Trinajstić information content (AvgIpc) is 2.90. The highest BCUT2D eigenvalue weighted by Crippen LogP contribution is 2.32. The zero-order valence-electron chi connectivity index (χ0n) is 13.6. The van der Waals surface area contributed by atoms with Gasteiger partial charge >= 0.3 is 11.9 Å². The zero-order chi connectivity index (χ0) is 18.8. The first-order valence-electron chi connectivity index (χ1n) is 7.60. The second-order valence-corrected chi connectivity index (χ2v) is 6.01. The summed E-state index contributed by atoms with van der Waals surface area (Å²) in [7, 11) is 1.61. The van der Waals surface area contributed by atoms with Gasteiger partial charge in [0.2, 0.25) is 6.04 Å². The van der Waals surface area contributed by atoms with E-state index in [0.29, 0.717) is 21.6 Å². The molecule has 0 radical (unpaired) electrons. The van der Waals surface area contributed by atoms with Crippen LogP contribution in [-0.2, 0) is 11.8 Å². The number of aromatic carboxylic acids is 1. The maximum atomic E-state index is 11.8. The van der Waals surface area contributed by atoms with Gasteiger partial charge in [-0.05, 0) is 30.3 Å². The smallest absolute Gasteiger partial charge is 0.338 e. The van der Waals surface area contributed by atoms with Crippen LogP contribution in [0.4, 0.5) is 5.69 Å². The molecular formula is C18H14ClN3O4. The average molecular weight is 372 g/mol. The van der Waals surface area contributed by atoms with E-state index in [-0.39, 0.29) is 11.3 Å². The van der Waals surface area contributed by atoms with E-state index in [9.17, 15) is 19.8 Å². The molecule has 0 saturated carbocycles. The molecule has 0 saturated heterocycles. The molecule has 1 aromatic heterocycles. The van der Waals surface area contributed by atoms with Crippen molar-refractivity contribution in [1.82, 2.24) is 4.57 Å². The monoisotopic (exact) mass is 371 g/mol. The number of aliphatic carboxylic acids is 1. The van der Waals surface area contributed by atoms with E-state index in [1.807, 2.05) is 0 Å². The summed E-state index contributed by atoms with van der Waals surface area (Å²) in [5.41, 5.74) is 0.985. The maximum Gasteiger partial charge on any atom is 0.338 e. The van der Waals surface area contributed by atoms with Crippen LogP contribution in [0.25, 0.3) is 10.9 Å². The lowest BCUT2D eigenvalue weighted by Gasteiger charge is -2.10. The Balaban J connectivity index is 2.15. The molecule has 2 N–H and O–H groups in total. The highest BCUT2D eigenvalue weighted by molar-refractivity contribution is 6.30. The minimum Gasteiger partial charge on any atom is -0.479 e. The molecule has 132 valence electrons. The van der Waals surface area contributed by atoms with Crippen LogP contribution in [-0.4, -0.2) is 26.7 Å². The number of aryl methyl sites for hydroxylation is 1. The van der Waals surface area contributed by atoms with Crippen LogP contribution < -0.4 is 0 Å². The lowest BCUT2D eigenvalue weighted by Crippen LogP contribution is -2.16. The van der Waals surface area contributed by atoms with Gasteiger partial charge in [0.25, 0.3) is 0 Å². The SMILES string of the molecule is Cn1c(C(N=Nc2ccc(Cl)cc2)C(=O)O)c(C(=O)O)c2ccccc21. The standard InChI is InChI=1S/C18H14ClN3O4/c1-22-13-5-3-2-4-12(13)14(17(23)24)16(22)15(18(25)26)21-20-11-8-6-10(19)7-9-11/h2-9,15H,1H3,(H,23,24)(H,25,26). The number of carboxylic acids is 2. The Hall–Kier alpha value is -3.19. The first-order valence-corrected chi connectivity index (χ1v) is 7.97. The first-order chi connectivity index (χ1) is 12.4. The minimum absolute atomic E-state index is 0.0592. The van der Waals surface area contributed by atoms with Crippen molar-refractivity contribution in [3.05, 3.63) is 64.8 Å². The number of halogens is 1. The van der Waals surface area contributed by atoms with Gasteiger partial charge < -0.3 is 14.8 Å². The number of carbonyl (C=O) groups is 2. The Bertz CT molecular complexity index is 1020. The zero-order valence-corrected chi connectivity index (χ0v) is 14.4. The maximum absolute atomic E-state index is 11.8. The highest BCUT2D eigenvalue weighted by Gasteiger charge is 2.31. The summed E-state index contributed by atoms with van der Waals surface area (Å²) in [5.74, 6) is -2.51. The third kappa shape index (κ3) is 3.16. The molecule has 2 aromatic carbocycles. The predicted molar refractivity (Wildman–Crippen MR) is 96.2 cm³/mol. The molecule has 0 aliphatic rings. The normalized spacial score (nSPS) is 12.5. The number of aromatic nitrogens is 1. The summed E-state index contributed by atoms with van der Waals surface area (Å²) in [4.78, 5) is 23.6. The minimum atomic E-state index is -1.46. The summed E-state index contributed by atoms with van der Waals surface area (Å²) >= 11 is 5.81. The van der Waals surface area contributed by atoms with Gasteiger partial charge in [-0.15, -0.1) is 0 Å². The second-order valence-electron chi connectivity index (χ2n) is 5.57. The van der Waals surface area contributed by atoms with Crippen molar-refractivity contribution in [1.29, 1.82) is 0 Å². The summed E-state index contributed by atoms with van der Waals surface area (Å²) in [6, 6.07) is 11.7. The quantitative estimate of drug-likeness (QED) is 0.647. The van der Waals surface area contributed by atoms with E-state index in [2.05, 4.69) is 10.2 Å². The van der Waals surface area contributed by atoms with Crippen molar-refractivity contribution in [2.75, 3.05) is 0 Å². The molecule has 8 heteroatoms. The molecule has 0 aliphatic heterocycles. The molecule has 1 heterocycles. The first kappa shape index (κ1) is 17.6. The third-order valence-electron chi connectivity index (χ3n) is 3.97. The van der Waals surface area contributed by atoms with Gasteiger partial charge in [0.05, 0.1) is 16.9 Å². The van der Waals surface area contributed by atoms with Gasteiger partial charge in [0.1, 0.15) is 0 Å². The van der Waals surface area contributed by atoms with Crippen molar-refractivity contribution >= 4 is 40.1 Å². The number of fused-ring (bicyclic) bond motifs is 1. The van der Waals surface area contributed by atoms with E-state index in [1.165, 1.54) is 4.57 Å². The molecule has 3 rings (SSSR count). The van der Waals surface area contributed by atoms with E-state index in [1.54, 1.807) is 55.6 Å². The Morgan fingerprint density at radius 3 is 2.35 bits per heavy atom. The second kappa shape index (κ2) is 6.97. The molecule has 26 heavy (non-hydrogen) atoms. The number of para-hydroxylation sites is 1. The van der Waals surface area contributed by atoms with Crippen LogP contribution in [0.3, 0.4) is 0 Å². The van der Waals surface area contributed by atoms with Crippen molar-refractivity contribution in [3.63, 3.8) is 0 Å². The summed E-state index contributed by atoms with van der Waals surface area (Å²) < 4.78 is 1.53. The van der Waals surface area contributed by atoms with Gasteiger partial charge in [-0.25, -0.2) is 9.59 Å². The van der Waals surface area contributed by atoms with Crippen LogP contribution in [0.15, 0.2) is 58.8 Å².